The molecule has 32 heavy (non-hydrogen) atoms. The number of sulfone groups is 1. The standard InChI is InChI=1S/C24H27N5O2S/c1-17-6-5-11-25-22(17)16-29-14-18-12-20(13-19(18)15-29)26-23-9-10-24(28-27-23)32(30,31)21-7-3-2-4-8-21/h2-11,18-20H,12-16H2,1H3,(H,26,27)/t18-,19+,20-. The van der Waals surface area contributed by atoms with Crippen molar-refractivity contribution < 1.29 is 8.42 Å². The second-order valence-electron chi connectivity index (χ2n) is 8.87. The first kappa shape index (κ1) is 21.0. The molecule has 8 heteroatoms. The number of aryl methyl sites for hydroxylation is 1. The number of likely N-dealkylation sites (tertiary alicyclic amines) is 1. The van der Waals surface area contributed by atoms with Gasteiger partial charge in [0.2, 0.25) is 9.84 Å². The highest BCUT2D eigenvalue weighted by Gasteiger charge is 2.41. The Labute approximate surface area is 188 Å². The van der Waals surface area contributed by atoms with Gasteiger partial charge in [0.1, 0.15) is 5.82 Å². The summed E-state index contributed by atoms with van der Waals surface area (Å²) in [5.41, 5.74) is 2.42. The molecule has 166 valence electrons. The number of rotatable bonds is 6. The van der Waals surface area contributed by atoms with E-state index in [-0.39, 0.29) is 9.92 Å². The first-order valence-corrected chi connectivity index (χ1v) is 12.5. The molecular weight excluding hydrogens is 422 g/mol. The summed E-state index contributed by atoms with van der Waals surface area (Å²) in [5.74, 6) is 1.97. The van der Waals surface area contributed by atoms with Crippen molar-refractivity contribution in [3.05, 3.63) is 72.1 Å². The predicted molar refractivity (Wildman–Crippen MR) is 122 cm³/mol. The van der Waals surface area contributed by atoms with E-state index in [0.29, 0.717) is 23.7 Å². The summed E-state index contributed by atoms with van der Waals surface area (Å²) in [7, 11) is -3.64. The number of anilines is 1. The molecule has 2 fully saturated rings. The summed E-state index contributed by atoms with van der Waals surface area (Å²) in [6.45, 7) is 5.23. The molecule has 1 aromatic carbocycles. The van der Waals surface area contributed by atoms with Crippen molar-refractivity contribution in [3.63, 3.8) is 0 Å². The summed E-state index contributed by atoms with van der Waals surface area (Å²) in [5, 5.41) is 11.6. The lowest BCUT2D eigenvalue weighted by Crippen LogP contribution is -2.26. The molecule has 2 aromatic heterocycles. The van der Waals surface area contributed by atoms with Gasteiger partial charge in [0.25, 0.3) is 0 Å². The van der Waals surface area contributed by atoms with Crippen molar-refractivity contribution in [1.29, 1.82) is 0 Å². The Bertz CT molecular complexity index is 1170. The molecule has 0 amide bonds. The zero-order valence-corrected chi connectivity index (χ0v) is 18.9. The average molecular weight is 450 g/mol. The minimum atomic E-state index is -3.64. The molecule has 1 aliphatic heterocycles. The predicted octanol–water partition coefficient (Wildman–Crippen LogP) is 3.34. The second kappa shape index (κ2) is 8.60. The molecule has 0 spiro atoms. The summed E-state index contributed by atoms with van der Waals surface area (Å²) in [6, 6.07) is 16.0. The zero-order valence-electron chi connectivity index (χ0n) is 18.1. The van der Waals surface area contributed by atoms with Crippen LogP contribution < -0.4 is 5.32 Å². The van der Waals surface area contributed by atoms with Crippen LogP contribution in [0, 0.1) is 18.8 Å². The maximum absolute atomic E-state index is 12.7. The van der Waals surface area contributed by atoms with Crippen LogP contribution >= 0.6 is 0 Å². The fraction of sp³-hybridized carbons (Fsp3) is 0.375. The maximum atomic E-state index is 12.7. The van der Waals surface area contributed by atoms with E-state index in [2.05, 4.69) is 38.4 Å². The molecule has 0 bridgehead atoms. The van der Waals surface area contributed by atoms with E-state index in [1.54, 1.807) is 36.4 Å². The van der Waals surface area contributed by atoms with E-state index in [4.69, 9.17) is 0 Å². The second-order valence-corrected chi connectivity index (χ2v) is 10.8. The lowest BCUT2D eigenvalue weighted by Gasteiger charge is -2.20. The monoisotopic (exact) mass is 449 g/mol. The van der Waals surface area contributed by atoms with E-state index in [9.17, 15) is 8.42 Å². The molecule has 1 aliphatic carbocycles. The fourth-order valence-electron chi connectivity index (χ4n) is 5.01. The molecular formula is C24H27N5O2S. The number of hydrogen-bond acceptors (Lipinski definition) is 7. The third-order valence-corrected chi connectivity index (χ3v) is 8.30. The van der Waals surface area contributed by atoms with Crippen molar-refractivity contribution >= 4 is 15.7 Å². The zero-order chi connectivity index (χ0) is 22.1. The van der Waals surface area contributed by atoms with Gasteiger partial charge in [0.05, 0.1) is 10.6 Å². The Morgan fingerprint density at radius 3 is 2.38 bits per heavy atom. The Morgan fingerprint density at radius 2 is 1.72 bits per heavy atom. The molecule has 7 nitrogen and oxygen atoms in total. The van der Waals surface area contributed by atoms with E-state index >= 15 is 0 Å². The first-order chi connectivity index (χ1) is 15.5. The van der Waals surface area contributed by atoms with Crippen LogP contribution in [0.25, 0.3) is 0 Å². The molecule has 1 N–H and O–H groups in total. The number of nitrogens with one attached hydrogen (secondary N) is 1. The summed E-state index contributed by atoms with van der Waals surface area (Å²) >= 11 is 0. The Hall–Kier alpha value is -2.84. The molecule has 0 radical (unpaired) electrons. The molecule has 3 heterocycles. The van der Waals surface area contributed by atoms with Crippen LogP contribution in [-0.4, -0.2) is 47.6 Å². The quantitative estimate of drug-likeness (QED) is 0.617. The van der Waals surface area contributed by atoms with Crippen molar-refractivity contribution in [1.82, 2.24) is 20.1 Å². The highest BCUT2D eigenvalue weighted by atomic mass is 32.2. The van der Waals surface area contributed by atoms with Gasteiger partial charge in [0, 0.05) is 31.9 Å². The van der Waals surface area contributed by atoms with Crippen LogP contribution in [0.1, 0.15) is 24.1 Å². The van der Waals surface area contributed by atoms with E-state index in [1.807, 2.05) is 12.3 Å². The Kier molecular flexibility index (Phi) is 5.65. The number of hydrogen-bond donors (Lipinski definition) is 1. The molecule has 5 rings (SSSR count). The topological polar surface area (TPSA) is 88.1 Å². The van der Waals surface area contributed by atoms with Crippen LogP contribution in [-0.2, 0) is 16.4 Å². The van der Waals surface area contributed by atoms with Gasteiger partial charge < -0.3 is 5.32 Å². The normalized spacial score (nSPS) is 23.2. The van der Waals surface area contributed by atoms with Crippen molar-refractivity contribution in [2.75, 3.05) is 18.4 Å². The lowest BCUT2D eigenvalue weighted by atomic mass is 10.0. The van der Waals surface area contributed by atoms with Crippen molar-refractivity contribution in [3.8, 4) is 0 Å². The third kappa shape index (κ3) is 4.25. The van der Waals surface area contributed by atoms with Gasteiger partial charge >= 0.3 is 0 Å². The van der Waals surface area contributed by atoms with E-state index in [0.717, 1.165) is 32.5 Å². The van der Waals surface area contributed by atoms with Gasteiger partial charge in [-0.1, -0.05) is 24.3 Å². The molecule has 0 unspecified atom stereocenters. The smallest absolute Gasteiger partial charge is 0.225 e. The Morgan fingerprint density at radius 1 is 0.969 bits per heavy atom. The minimum Gasteiger partial charge on any atom is -0.366 e. The van der Waals surface area contributed by atoms with Crippen molar-refractivity contribution in [2.24, 2.45) is 11.8 Å². The highest BCUT2D eigenvalue weighted by Crippen LogP contribution is 2.39. The maximum Gasteiger partial charge on any atom is 0.225 e. The molecule has 1 saturated heterocycles. The average Bonchev–Trinajstić information content (AvgIpc) is 3.34. The van der Waals surface area contributed by atoms with Crippen LogP contribution in [0.3, 0.4) is 0 Å². The number of benzene rings is 1. The van der Waals surface area contributed by atoms with Gasteiger partial charge in [-0.15, -0.1) is 10.2 Å². The molecule has 2 aliphatic rings. The van der Waals surface area contributed by atoms with Gasteiger partial charge in [0.15, 0.2) is 5.03 Å². The van der Waals surface area contributed by atoms with Crippen LogP contribution in [0.15, 0.2) is 70.7 Å². The summed E-state index contributed by atoms with van der Waals surface area (Å²) in [4.78, 5) is 7.28. The van der Waals surface area contributed by atoms with Gasteiger partial charge in [-0.2, -0.15) is 0 Å². The van der Waals surface area contributed by atoms with Crippen LogP contribution in [0.2, 0.25) is 0 Å². The first-order valence-electron chi connectivity index (χ1n) is 11.0. The van der Waals surface area contributed by atoms with Gasteiger partial charge in [-0.05, 0) is 67.5 Å². The SMILES string of the molecule is Cc1cccnc1CN1C[C@H]2C[C@@H](Nc3ccc(S(=O)(=O)c4ccccc4)nn3)C[C@H]2C1. The molecule has 3 aromatic rings. The number of nitrogens with zero attached hydrogens (tertiary/aromatic N) is 4. The Balaban J connectivity index is 1.17. The van der Waals surface area contributed by atoms with E-state index < -0.39 is 9.84 Å². The van der Waals surface area contributed by atoms with Gasteiger partial charge in [-0.3, -0.25) is 9.88 Å². The van der Waals surface area contributed by atoms with Crippen LogP contribution in [0.5, 0.6) is 0 Å². The van der Waals surface area contributed by atoms with Crippen LogP contribution in [0.4, 0.5) is 5.82 Å². The number of pyridine rings is 1. The van der Waals surface area contributed by atoms with Crippen molar-refractivity contribution in [2.45, 2.75) is 42.3 Å². The molecule has 3 atom stereocenters. The number of aromatic nitrogens is 3. The third-order valence-electron chi connectivity index (χ3n) is 6.64. The fourth-order valence-corrected chi connectivity index (χ4v) is 6.16. The largest absolute Gasteiger partial charge is 0.366 e. The summed E-state index contributed by atoms with van der Waals surface area (Å²) < 4.78 is 25.3. The lowest BCUT2D eigenvalue weighted by molar-refractivity contribution is 0.297. The molecule has 1 saturated carbocycles. The minimum absolute atomic E-state index is 0.0296. The summed E-state index contributed by atoms with van der Waals surface area (Å²) in [6.07, 6.45) is 4.05. The highest BCUT2D eigenvalue weighted by molar-refractivity contribution is 7.91. The van der Waals surface area contributed by atoms with Gasteiger partial charge in [-0.25, -0.2) is 8.42 Å². The number of fused-ring (bicyclic) bond motifs is 1. The van der Waals surface area contributed by atoms with E-state index in [1.165, 1.54) is 17.3 Å².